The van der Waals surface area contributed by atoms with E-state index < -0.39 is 0 Å². The number of phenolic OH excluding ortho intramolecular Hbond substituents is 2. The fourth-order valence-corrected chi connectivity index (χ4v) is 4.37. The summed E-state index contributed by atoms with van der Waals surface area (Å²) in [5.74, 6) is -0.796. The molecule has 32 heavy (non-hydrogen) atoms. The minimum atomic E-state index is -0.282. The van der Waals surface area contributed by atoms with Crippen molar-refractivity contribution in [2.75, 3.05) is 20.1 Å². The number of aromatic amines is 1. The summed E-state index contributed by atoms with van der Waals surface area (Å²) >= 11 is 5.96. The lowest BCUT2D eigenvalue weighted by Gasteiger charge is -2.26. The molecular formula is C24H27ClN4O3. The van der Waals surface area contributed by atoms with Crippen LogP contribution in [-0.4, -0.2) is 56.3 Å². The van der Waals surface area contributed by atoms with Crippen molar-refractivity contribution in [3.63, 3.8) is 0 Å². The van der Waals surface area contributed by atoms with Crippen LogP contribution in [0, 0.1) is 0 Å². The first kappa shape index (κ1) is 22.2. The van der Waals surface area contributed by atoms with E-state index in [0.717, 1.165) is 44.0 Å². The predicted octanol–water partition coefficient (Wildman–Crippen LogP) is 4.13. The number of phenols is 2. The Morgan fingerprint density at radius 3 is 2.72 bits per heavy atom. The summed E-state index contributed by atoms with van der Waals surface area (Å²) in [4.78, 5) is 17.2. The third-order valence-electron chi connectivity index (χ3n) is 5.96. The number of nitrogens with zero attached hydrogens (tertiary/aromatic N) is 3. The topological polar surface area (TPSA) is 92.7 Å². The maximum Gasteiger partial charge on any atom is 0.258 e. The molecule has 1 saturated heterocycles. The third-order valence-corrected chi connectivity index (χ3v) is 6.27. The van der Waals surface area contributed by atoms with E-state index in [-0.39, 0.29) is 34.0 Å². The van der Waals surface area contributed by atoms with Crippen molar-refractivity contribution in [2.45, 2.75) is 31.8 Å². The molecule has 0 saturated carbocycles. The zero-order valence-corrected chi connectivity index (χ0v) is 18.7. The van der Waals surface area contributed by atoms with E-state index in [2.05, 4.69) is 46.4 Å². The van der Waals surface area contributed by atoms with E-state index >= 15 is 0 Å². The van der Waals surface area contributed by atoms with Gasteiger partial charge in [0.2, 0.25) is 0 Å². The molecule has 1 fully saturated rings. The number of hydrogen-bond acceptors (Lipinski definition) is 5. The van der Waals surface area contributed by atoms with Gasteiger partial charge in [-0.25, -0.2) is 0 Å². The smallest absolute Gasteiger partial charge is 0.258 e. The maximum atomic E-state index is 13.1. The molecule has 8 heteroatoms. The van der Waals surface area contributed by atoms with Gasteiger partial charge in [0.15, 0.2) is 0 Å². The van der Waals surface area contributed by atoms with Gasteiger partial charge in [0.05, 0.1) is 22.8 Å². The van der Waals surface area contributed by atoms with Crippen molar-refractivity contribution < 1.29 is 15.0 Å². The molecule has 1 aromatic heterocycles. The summed E-state index contributed by atoms with van der Waals surface area (Å²) in [5.41, 5.74) is 3.59. The lowest BCUT2D eigenvalue weighted by molar-refractivity contribution is 0.0732. The van der Waals surface area contributed by atoms with Gasteiger partial charge in [-0.2, -0.15) is 5.10 Å². The number of carbonyl (C=O) groups is 1. The number of aromatic hydroxyl groups is 2. The summed E-state index contributed by atoms with van der Waals surface area (Å²) in [5, 5.41) is 26.7. The number of likely N-dealkylation sites (N-methyl/N-ethyl adjacent to an activating group) is 1. The number of halogens is 1. The Labute approximate surface area is 192 Å². The number of H-pyrrole nitrogens is 1. The number of rotatable bonds is 7. The second-order valence-corrected chi connectivity index (χ2v) is 8.72. The van der Waals surface area contributed by atoms with Crippen molar-refractivity contribution >= 4 is 17.5 Å². The van der Waals surface area contributed by atoms with Crippen LogP contribution in [0.3, 0.4) is 0 Å². The highest BCUT2D eigenvalue weighted by molar-refractivity contribution is 6.32. The van der Waals surface area contributed by atoms with E-state index in [9.17, 15) is 15.0 Å². The van der Waals surface area contributed by atoms with Crippen molar-refractivity contribution in [1.82, 2.24) is 20.0 Å². The average molecular weight is 455 g/mol. The molecule has 7 nitrogen and oxygen atoms in total. The summed E-state index contributed by atoms with van der Waals surface area (Å²) in [6.07, 6.45) is 6.47. The van der Waals surface area contributed by atoms with Gasteiger partial charge in [0, 0.05) is 31.9 Å². The van der Waals surface area contributed by atoms with Gasteiger partial charge in [0.25, 0.3) is 5.91 Å². The van der Waals surface area contributed by atoms with Gasteiger partial charge in [0.1, 0.15) is 11.5 Å². The molecule has 1 amide bonds. The molecule has 1 aliphatic heterocycles. The van der Waals surface area contributed by atoms with Crippen LogP contribution in [0.25, 0.3) is 0 Å². The van der Waals surface area contributed by atoms with Crippen LogP contribution < -0.4 is 0 Å². The van der Waals surface area contributed by atoms with Crippen molar-refractivity contribution in [3.8, 4) is 11.5 Å². The van der Waals surface area contributed by atoms with Crippen LogP contribution in [0.1, 0.15) is 45.9 Å². The first-order valence-corrected chi connectivity index (χ1v) is 11.1. The molecule has 0 aliphatic carbocycles. The Morgan fingerprint density at radius 1 is 1.22 bits per heavy atom. The molecule has 0 radical (unpaired) electrons. The Balaban J connectivity index is 1.41. The van der Waals surface area contributed by atoms with Gasteiger partial charge in [-0.3, -0.25) is 9.89 Å². The SMILES string of the molecule is CN(CCc1cn[nH]c1)Cc1ccc(C2CCCN2C(=O)c2cc(Cl)c(O)cc2O)cc1. The molecular weight excluding hydrogens is 428 g/mol. The molecule has 168 valence electrons. The molecule has 0 bridgehead atoms. The lowest BCUT2D eigenvalue weighted by Crippen LogP contribution is -2.30. The van der Waals surface area contributed by atoms with Crippen molar-refractivity contribution in [2.24, 2.45) is 0 Å². The summed E-state index contributed by atoms with van der Waals surface area (Å²) < 4.78 is 0. The van der Waals surface area contributed by atoms with E-state index in [0.29, 0.717) is 6.54 Å². The highest BCUT2D eigenvalue weighted by atomic mass is 35.5. The fourth-order valence-electron chi connectivity index (χ4n) is 4.20. The fraction of sp³-hybridized carbons (Fsp3) is 0.333. The van der Waals surface area contributed by atoms with Crippen LogP contribution in [0.2, 0.25) is 5.02 Å². The number of aromatic nitrogens is 2. The Kier molecular flexibility index (Phi) is 6.67. The molecule has 3 N–H and O–H groups in total. The van der Waals surface area contributed by atoms with Gasteiger partial charge in [-0.05, 0) is 49.1 Å². The monoisotopic (exact) mass is 454 g/mol. The predicted molar refractivity (Wildman–Crippen MR) is 123 cm³/mol. The Morgan fingerprint density at radius 2 is 2.00 bits per heavy atom. The number of likely N-dealkylation sites (tertiary alicyclic amines) is 1. The van der Waals surface area contributed by atoms with Crippen molar-refractivity contribution in [3.05, 3.63) is 76.1 Å². The van der Waals surface area contributed by atoms with E-state index in [1.54, 1.807) is 4.90 Å². The average Bonchev–Trinajstić information content (AvgIpc) is 3.47. The standard InChI is InChI=1S/C24H27ClN4O3/c1-28(10-8-17-13-26-27-14-17)15-16-4-6-18(7-5-16)21-3-2-9-29(21)24(32)19-11-20(25)23(31)12-22(19)30/h4-7,11-14,21,30-31H,2-3,8-10,15H2,1H3,(H,26,27). The van der Waals surface area contributed by atoms with Crippen LogP contribution in [0.15, 0.2) is 48.8 Å². The van der Waals surface area contributed by atoms with Gasteiger partial charge >= 0.3 is 0 Å². The van der Waals surface area contributed by atoms with Crippen LogP contribution in [0.5, 0.6) is 11.5 Å². The van der Waals surface area contributed by atoms with Crippen LogP contribution in [-0.2, 0) is 13.0 Å². The summed E-state index contributed by atoms with van der Waals surface area (Å²) in [7, 11) is 2.10. The minimum Gasteiger partial charge on any atom is -0.507 e. The largest absolute Gasteiger partial charge is 0.507 e. The van der Waals surface area contributed by atoms with Crippen LogP contribution >= 0.6 is 11.6 Å². The molecule has 4 rings (SSSR count). The normalized spacial score (nSPS) is 16.1. The molecule has 0 spiro atoms. The van der Waals surface area contributed by atoms with Gasteiger partial charge in [-0.15, -0.1) is 0 Å². The summed E-state index contributed by atoms with van der Waals surface area (Å²) in [6, 6.07) is 10.8. The zero-order valence-electron chi connectivity index (χ0n) is 18.0. The number of carbonyl (C=O) groups excluding carboxylic acids is 1. The van der Waals surface area contributed by atoms with E-state index in [4.69, 9.17) is 11.6 Å². The zero-order chi connectivity index (χ0) is 22.7. The maximum absolute atomic E-state index is 13.1. The van der Waals surface area contributed by atoms with Gasteiger partial charge < -0.3 is 20.0 Å². The second kappa shape index (κ2) is 9.63. The summed E-state index contributed by atoms with van der Waals surface area (Å²) in [6.45, 7) is 2.39. The van der Waals surface area contributed by atoms with Crippen molar-refractivity contribution in [1.29, 1.82) is 0 Å². The third kappa shape index (κ3) is 4.89. The van der Waals surface area contributed by atoms with Crippen LogP contribution in [0.4, 0.5) is 0 Å². The molecule has 3 aromatic rings. The lowest BCUT2D eigenvalue weighted by atomic mass is 10.0. The van der Waals surface area contributed by atoms with Gasteiger partial charge in [-0.1, -0.05) is 35.9 Å². The highest BCUT2D eigenvalue weighted by Crippen LogP contribution is 2.37. The highest BCUT2D eigenvalue weighted by Gasteiger charge is 2.32. The first-order chi connectivity index (χ1) is 15.4. The molecule has 1 atom stereocenters. The van der Waals surface area contributed by atoms with E-state index in [1.165, 1.54) is 17.2 Å². The molecule has 2 heterocycles. The first-order valence-electron chi connectivity index (χ1n) is 10.7. The Hall–Kier alpha value is -3.03. The Bertz CT molecular complexity index is 1070. The number of benzene rings is 2. The minimum absolute atomic E-state index is 0.0446. The van der Waals surface area contributed by atoms with E-state index in [1.807, 2.05) is 12.4 Å². The number of amides is 1. The second-order valence-electron chi connectivity index (χ2n) is 8.31. The molecule has 1 aliphatic rings. The molecule has 2 aromatic carbocycles. The number of hydrogen-bond donors (Lipinski definition) is 3. The quantitative estimate of drug-likeness (QED) is 0.499. The number of nitrogens with one attached hydrogen (secondary N) is 1. The molecule has 1 unspecified atom stereocenters.